The summed E-state index contributed by atoms with van der Waals surface area (Å²) in [5.41, 5.74) is 7.23. The van der Waals surface area contributed by atoms with E-state index in [2.05, 4.69) is 17.6 Å². The van der Waals surface area contributed by atoms with Gasteiger partial charge in [-0.1, -0.05) is 153 Å². The van der Waals surface area contributed by atoms with E-state index in [0.29, 0.717) is 37.3 Å². The molecule has 0 aromatic heterocycles. The Morgan fingerprint density at radius 1 is 0.738 bits per heavy atom. The number of urea groups is 1. The van der Waals surface area contributed by atoms with Crippen molar-refractivity contribution in [3.63, 3.8) is 0 Å². The molecule has 5 aromatic carbocycles. The van der Waals surface area contributed by atoms with Gasteiger partial charge in [-0.05, 0) is 72.8 Å². The lowest BCUT2D eigenvalue weighted by Crippen LogP contribution is -2.49. The molecule has 61 heavy (non-hydrogen) atoms. The zero-order chi connectivity index (χ0) is 43.1. The van der Waals surface area contributed by atoms with Crippen molar-refractivity contribution in [2.45, 2.75) is 58.2 Å². The number of carbonyl (C=O) groups excluding carboxylic acids is 4. The Balaban J connectivity index is 1.24. The van der Waals surface area contributed by atoms with E-state index in [-0.39, 0.29) is 37.4 Å². The summed E-state index contributed by atoms with van der Waals surface area (Å²) in [6, 6.07) is 43.1. The highest BCUT2D eigenvalue weighted by molar-refractivity contribution is 5.95. The summed E-state index contributed by atoms with van der Waals surface area (Å²) in [6.45, 7) is 5.44. The topological polar surface area (TPSA) is 111 Å². The first-order valence-electron chi connectivity index (χ1n) is 21.2. The number of benzene rings is 5. The fraction of sp³-hybridized carbons (Fsp3) is 0.294. The van der Waals surface area contributed by atoms with Crippen LogP contribution in [-0.4, -0.2) is 78.8 Å². The molecule has 10 nitrogen and oxygen atoms in total. The third-order valence-electron chi connectivity index (χ3n) is 11.0. The maximum absolute atomic E-state index is 14.4. The molecule has 6 rings (SSSR count). The van der Waals surface area contributed by atoms with Crippen molar-refractivity contribution in [2.75, 3.05) is 40.3 Å². The number of amides is 4. The molecule has 0 radical (unpaired) electrons. The molecular weight excluding hydrogens is 763 g/mol. The minimum Gasteiger partial charge on any atom is -0.457 e. The second kappa shape index (κ2) is 21.7. The number of unbranched alkanes of at least 4 members (excludes halogenated alkanes) is 1. The van der Waals surface area contributed by atoms with Crippen molar-refractivity contribution in [1.29, 1.82) is 0 Å². The monoisotopic (exact) mass is 819 g/mol. The molecule has 0 fully saturated rings. The Morgan fingerprint density at radius 3 is 1.87 bits per heavy atom. The zero-order valence-electron chi connectivity index (χ0n) is 35.7. The Hall–Kier alpha value is -6.52. The number of likely N-dealkylation sites (N-methyl/N-ethyl adjacent to an activating group) is 1. The van der Waals surface area contributed by atoms with E-state index in [1.165, 1.54) is 4.90 Å². The van der Waals surface area contributed by atoms with Crippen LogP contribution in [0.2, 0.25) is 0 Å². The molecule has 0 saturated carbocycles. The molecule has 1 aliphatic heterocycles. The third kappa shape index (κ3) is 11.6. The van der Waals surface area contributed by atoms with Crippen molar-refractivity contribution in [2.24, 2.45) is 0 Å². The summed E-state index contributed by atoms with van der Waals surface area (Å²) in [4.78, 5) is 61.5. The first-order valence-corrected chi connectivity index (χ1v) is 21.2. The van der Waals surface area contributed by atoms with E-state index in [0.717, 1.165) is 51.8 Å². The minimum absolute atomic E-state index is 0.0729. The molecule has 1 aliphatic rings. The number of esters is 1. The van der Waals surface area contributed by atoms with Gasteiger partial charge in [-0.3, -0.25) is 14.5 Å². The van der Waals surface area contributed by atoms with Gasteiger partial charge in [0.15, 0.2) is 0 Å². The van der Waals surface area contributed by atoms with Gasteiger partial charge in [0.25, 0.3) is 0 Å². The number of nitrogens with zero attached hydrogens (tertiary/aromatic N) is 3. The Labute approximate surface area is 360 Å². The number of hydrogen-bond acceptors (Lipinski definition) is 6. The quantitative estimate of drug-likeness (QED) is 0.0636. The molecule has 1 heterocycles. The van der Waals surface area contributed by atoms with Gasteiger partial charge in [0.05, 0.1) is 11.6 Å². The third-order valence-corrected chi connectivity index (χ3v) is 11.0. The number of carbonyl (C=O) groups is 4. The first-order chi connectivity index (χ1) is 29.6. The van der Waals surface area contributed by atoms with Gasteiger partial charge < -0.3 is 25.2 Å². The molecule has 0 aliphatic carbocycles. The van der Waals surface area contributed by atoms with Crippen LogP contribution in [0.1, 0.15) is 68.3 Å². The average Bonchev–Trinajstić information content (AvgIpc) is 3.29. The van der Waals surface area contributed by atoms with Crippen molar-refractivity contribution in [3.05, 3.63) is 167 Å². The molecule has 316 valence electrons. The van der Waals surface area contributed by atoms with Crippen LogP contribution in [0.25, 0.3) is 22.3 Å². The minimum atomic E-state index is -0.853. The Morgan fingerprint density at radius 2 is 1.30 bits per heavy atom. The lowest BCUT2D eigenvalue weighted by molar-refractivity contribution is -0.141. The number of hydrogen-bond donors (Lipinski definition) is 2. The van der Waals surface area contributed by atoms with Gasteiger partial charge in [0.1, 0.15) is 12.6 Å². The summed E-state index contributed by atoms with van der Waals surface area (Å²) in [5, 5.41) is 6.14. The van der Waals surface area contributed by atoms with E-state index in [4.69, 9.17) is 4.74 Å². The highest BCUT2D eigenvalue weighted by Gasteiger charge is 2.37. The summed E-state index contributed by atoms with van der Waals surface area (Å²) in [7, 11) is 3.87. The standard InChI is InChI=1S/C51H57N5O5/c1-5-6-32-52-49(58)48(44-30-26-42(27-31-44)40-21-14-9-15-22-40)56(35-34-54(3)4)45(57)23-16-33-55-37(2)46(50(59)61-36-38-17-10-7-11-18-38)47(53-51(55)60)43-28-24-41(25-29-43)39-19-12-8-13-20-39/h7-15,17-22,24-31,47-48H,5-6,16,23,32-36H2,1-4H3,(H,52,58)(H,53,60). The normalized spacial score (nSPS) is 14.3. The van der Waals surface area contributed by atoms with Crippen LogP contribution < -0.4 is 10.6 Å². The van der Waals surface area contributed by atoms with Gasteiger partial charge in [-0.15, -0.1) is 0 Å². The lowest BCUT2D eigenvalue weighted by atomic mass is 9.93. The maximum Gasteiger partial charge on any atom is 0.338 e. The second-order valence-corrected chi connectivity index (χ2v) is 15.6. The van der Waals surface area contributed by atoms with Gasteiger partial charge >= 0.3 is 12.0 Å². The molecule has 5 aromatic rings. The van der Waals surface area contributed by atoms with Gasteiger partial charge in [-0.25, -0.2) is 9.59 Å². The van der Waals surface area contributed by atoms with Gasteiger partial charge in [0, 0.05) is 38.3 Å². The number of allylic oxidation sites excluding steroid dienone is 1. The van der Waals surface area contributed by atoms with Gasteiger partial charge in [0.2, 0.25) is 11.8 Å². The lowest BCUT2D eigenvalue weighted by Gasteiger charge is -2.36. The van der Waals surface area contributed by atoms with Crippen LogP contribution >= 0.6 is 0 Å². The van der Waals surface area contributed by atoms with Crippen LogP contribution in [-0.2, 0) is 25.7 Å². The largest absolute Gasteiger partial charge is 0.457 e. The predicted octanol–water partition coefficient (Wildman–Crippen LogP) is 8.93. The molecule has 0 spiro atoms. The van der Waals surface area contributed by atoms with Crippen molar-refractivity contribution in [1.82, 2.24) is 25.3 Å². The Bertz CT molecular complexity index is 2240. The molecule has 2 N–H and O–H groups in total. The zero-order valence-corrected chi connectivity index (χ0v) is 35.7. The fourth-order valence-corrected chi connectivity index (χ4v) is 7.55. The van der Waals surface area contributed by atoms with Crippen molar-refractivity contribution in [3.8, 4) is 22.3 Å². The van der Waals surface area contributed by atoms with Crippen molar-refractivity contribution < 1.29 is 23.9 Å². The van der Waals surface area contributed by atoms with Crippen molar-refractivity contribution >= 4 is 23.8 Å². The summed E-state index contributed by atoms with van der Waals surface area (Å²) in [5.74, 6) is -0.976. The fourth-order valence-electron chi connectivity index (χ4n) is 7.55. The van der Waals surface area contributed by atoms with Crippen LogP contribution in [0.5, 0.6) is 0 Å². The second-order valence-electron chi connectivity index (χ2n) is 15.6. The number of ether oxygens (including phenoxy) is 1. The molecule has 10 heteroatoms. The number of nitrogens with one attached hydrogen (secondary N) is 2. The van der Waals surface area contributed by atoms with Crippen LogP contribution in [0, 0.1) is 0 Å². The number of rotatable bonds is 19. The van der Waals surface area contributed by atoms with E-state index < -0.39 is 18.1 Å². The first kappa shape index (κ1) is 44.0. The van der Waals surface area contributed by atoms with E-state index in [1.54, 1.807) is 11.8 Å². The molecule has 0 bridgehead atoms. The molecule has 2 atom stereocenters. The maximum atomic E-state index is 14.4. The molecule has 4 amide bonds. The van der Waals surface area contributed by atoms with Crippen LogP contribution in [0.15, 0.2) is 151 Å². The highest BCUT2D eigenvalue weighted by Crippen LogP contribution is 2.34. The Kier molecular flexibility index (Phi) is 15.6. The molecule has 2 unspecified atom stereocenters. The van der Waals surface area contributed by atoms with E-state index >= 15 is 0 Å². The SMILES string of the molecule is CCCCNC(=O)C(c1ccc(-c2ccccc2)cc1)N(CCN(C)C)C(=O)CCCN1C(=O)NC(c2ccc(-c3ccccc3)cc2)C(C(=O)OCc2ccccc2)=C1C. The van der Waals surface area contributed by atoms with E-state index in [1.807, 2.05) is 159 Å². The summed E-state index contributed by atoms with van der Waals surface area (Å²) < 4.78 is 5.87. The predicted molar refractivity (Wildman–Crippen MR) is 241 cm³/mol. The smallest absolute Gasteiger partial charge is 0.338 e. The van der Waals surface area contributed by atoms with Crippen LogP contribution in [0.4, 0.5) is 4.79 Å². The molecule has 0 saturated heterocycles. The molecular formula is C51H57N5O5. The van der Waals surface area contributed by atoms with Crippen LogP contribution in [0.3, 0.4) is 0 Å². The van der Waals surface area contributed by atoms with Gasteiger partial charge in [-0.2, -0.15) is 0 Å². The average molecular weight is 820 g/mol. The van der Waals surface area contributed by atoms with E-state index in [9.17, 15) is 19.2 Å². The highest BCUT2D eigenvalue weighted by atomic mass is 16.5. The summed E-state index contributed by atoms with van der Waals surface area (Å²) >= 11 is 0. The summed E-state index contributed by atoms with van der Waals surface area (Å²) in [6.07, 6.45) is 2.11.